The van der Waals surface area contributed by atoms with E-state index in [0.717, 1.165) is 22.2 Å². The maximum atomic E-state index is 13.7. The van der Waals surface area contributed by atoms with Gasteiger partial charge in [0.2, 0.25) is 0 Å². The molecule has 2 aliphatic rings. The van der Waals surface area contributed by atoms with Gasteiger partial charge in [0.25, 0.3) is 11.8 Å². The Morgan fingerprint density at radius 2 is 1.70 bits per heavy atom. The number of nitrogens with zero attached hydrogens (tertiary/aromatic N) is 7. The molecule has 4 aromatic rings. The Kier molecular flexibility index (Phi) is 5.37. The van der Waals surface area contributed by atoms with Gasteiger partial charge in [-0.15, -0.1) is 0 Å². The van der Waals surface area contributed by atoms with E-state index in [2.05, 4.69) is 19.9 Å². The van der Waals surface area contributed by atoms with E-state index in [4.69, 9.17) is 4.74 Å². The number of carbonyl (C=O) groups excluding carboxylic acids is 2. The molecular formula is C26H25N7O4. The fraction of sp³-hybridized carbons (Fsp3) is 0.308. The summed E-state index contributed by atoms with van der Waals surface area (Å²) in [6.45, 7) is 0.834. The Morgan fingerprint density at radius 3 is 2.30 bits per heavy atom. The summed E-state index contributed by atoms with van der Waals surface area (Å²) >= 11 is 0. The summed E-state index contributed by atoms with van der Waals surface area (Å²) in [5.74, 6) is 0.178. The lowest BCUT2D eigenvalue weighted by molar-refractivity contribution is 0.00182. The van der Waals surface area contributed by atoms with Crippen LogP contribution in [0.3, 0.4) is 0 Å². The molecule has 1 saturated heterocycles. The van der Waals surface area contributed by atoms with Gasteiger partial charge >= 0.3 is 0 Å². The van der Waals surface area contributed by atoms with Gasteiger partial charge in [0.15, 0.2) is 0 Å². The molecule has 6 rings (SSSR count). The van der Waals surface area contributed by atoms with Gasteiger partial charge in [0, 0.05) is 68.6 Å². The molecule has 0 bridgehead atoms. The first kappa shape index (κ1) is 23.0. The summed E-state index contributed by atoms with van der Waals surface area (Å²) in [6, 6.07) is 5.27. The monoisotopic (exact) mass is 499 g/mol. The molecule has 11 heteroatoms. The highest BCUT2D eigenvalue weighted by molar-refractivity contribution is 5.96. The minimum Gasteiger partial charge on any atom is -0.497 e. The number of benzene rings is 1. The number of aliphatic hydroxyl groups is 1. The van der Waals surface area contributed by atoms with Gasteiger partial charge in [-0.2, -0.15) is 0 Å². The molecular weight excluding hydrogens is 474 g/mol. The first-order valence-electron chi connectivity index (χ1n) is 11.9. The van der Waals surface area contributed by atoms with E-state index in [9.17, 15) is 14.7 Å². The predicted molar refractivity (Wildman–Crippen MR) is 132 cm³/mol. The third-order valence-corrected chi connectivity index (χ3v) is 7.42. The maximum absolute atomic E-state index is 13.7. The number of aryl methyl sites for hydroxylation is 1. The number of rotatable bonds is 4. The standard InChI is InChI=1S/C26H25N7O4/c1-31-20-9-16(37-2)3-4-17(20)22-23(31)21(12-34)33(25(36)19-11-28-6-8-30-19)15-26(22)13-32(14-26)24(35)18-10-27-5-7-29-18/h3-11,21,34H,12-15H2,1-2H3/t21-/m1/s1. The van der Waals surface area contributed by atoms with Crippen molar-refractivity contribution in [3.05, 3.63) is 78.0 Å². The SMILES string of the molecule is COc1ccc2c3c(n(C)c2c1)[C@@H](CO)N(C(=O)c1cnccn1)CC31CN(C(=O)c2cnccn2)C1. The summed E-state index contributed by atoms with van der Waals surface area (Å²) in [6.07, 6.45) is 8.88. The molecule has 0 unspecified atom stereocenters. The van der Waals surface area contributed by atoms with Crippen molar-refractivity contribution in [3.63, 3.8) is 0 Å². The van der Waals surface area contributed by atoms with E-state index < -0.39 is 11.5 Å². The van der Waals surface area contributed by atoms with Gasteiger partial charge < -0.3 is 24.2 Å². The van der Waals surface area contributed by atoms with E-state index >= 15 is 0 Å². The molecule has 1 fully saturated rings. The van der Waals surface area contributed by atoms with Crippen molar-refractivity contribution >= 4 is 22.7 Å². The highest BCUT2D eigenvalue weighted by Gasteiger charge is 2.55. The van der Waals surface area contributed by atoms with E-state index in [1.807, 2.05) is 29.8 Å². The van der Waals surface area contributed by atoms with Crippen molar-refractivity contribution in [2.45, 2.75) is 11.5 Å². The van der Waals surface area contributed by atoms with Crippen molar-refractivity contribution in [2.75, 3.05) is 33.4 Å². The molecule has 188 valence electrons. The van der Waals surface area contributed by atoms with Crippen LogP contribution < -0.4 is 4.74 Å². The largest absolute Gasteiger partial charge is 0.497 e. The van der Waals surface area contributed by atoms with Crippen LogP contribution in [-0.4, -0.2) is 84.6 Å². The Bertz CT molecular complexity index is 1500. The first-order valence-corrected chi connectivity index (χ1v) is 11.9. The van der Waals surface area contributed by atoms with Gasteiger partial charge in [-0.05, 0) is 17.7 Å². The molecule has 1 aromatic carbocycles. The Hall–Kier alpha value is -4.38. The zero-order valence-electron chi connectivity index (χ0n) is 20.4. The molecule has 0 aliphatic carbocycles. The van der Waals surface area contributed by atoms with Crippen molar-refractivity contribution in [1.29, 1.82) is 0 Å². The lowest BCUT2D eigenvalue weighted by Crippen LogP contribution is -2.68. The topological polar surface area (TPSA) is 127 Å². The van der Waals surface area contributed by atoms with Crippen LogP contribution in [0.2, 0.25) is 0 Å². The molecule has 1 atom stereocenters. The molecule has 11 nitrogen and oxygen atoms in total. The summed E-state index contributed by atoms with van der Waals surface area (Å²) < 4.78 is 7.47. The van der Waals surface area contributed by atoms with Crippen LogP contribution in [0.1, 0.15) is 38.3 Å². The second kappa shape index (κ2) is 8.63. The lowest BCUT2D eigenvalue weighted by Gasteiger charge is -2.56. The number of aromatic nitrogens is 5. The molecule has 5 heterocycles. The van der Waals surface area contributed by atoms with Gasteiger partial charge in [0.05, 0.1) is 43.1 Å². The van der Waals surface area contributed by atoms with Gasteiger partial charge in [0.1, 0.15) is 17.1 Å². The van der Waals surface area contributed by atoms with Crippen molar-refractivity contribution < 1.29 is 19.4 Å². The number of likely N-dealkylation sites (tertiary alicyclic amines) is 1. The van der Waals surface area contributed by atoms with Crippen LogP contribution in [0, 0.1) is 0 Å². The Labute approximate surface area is 212 Å². The molecule has 0 radical (unpaired) electrons. The number of fused-ring (bicyclic) bond motifs is 4. The average molecular weight is 500 g/mol. The second-order valence-corrected chi connectivity index (χ2v) is 9.46. The van der Waals surface area contributed by atoms with Crippen LogP contribution in [0.25, 0.3) is 10.9 Å². The minimum absolute atomic E-state index is 0.201. The number of methoxy groups -OCH3 is 1. The van der Waals surface area contributed by atoms with Crippen LogP contribution >= 0.6 is 0 Å². The summed E-state index contributed by atoms with van der Waals surface area (Å²) in [4.78, 5) is 46.6. The number of ether oxygens (including phenoxy) is 1. The molecule has 2 aliphatic heterocycles. The summed E-state index contributed by atoms with van der Waals surface area (Å²) in [7, 11) is 3.54. The molecule has 1 spiro atoms. The first-order chi connectivity index (χ1) is 18.0. The number of carbonyl (C=O) groups is 2. The van der Waals surface area contributed by atoms with E-state index in [0.29, 0.717) is 25.4 Å². The molecule has 1 N–H and O–H groups in total. The third-order valence-electron chi connectivity index (χ3n) is 7.42. The number of aliphatic hydroxyl groups excluding tert-OH is 1. The van der Waals surface area contributed by atoms with Gasteiger partial charge in [-0.1, -0.05) is 0 Å². The number of amides is 2. The average Bonchev–Trinajstić information content (AvgIpc) is 3.23. The highest BCUT2D eigenvalue weighted by atomic mass is 16.5. The minimum atomic E-state index is -0.594. The Balaban J connectivity index is 1.48. The molecule has 2 amide bonds. The number of hydrogen-bond acceptors (Lipinski definition) is 8. The highest BCUT2D eigenvalue weighted by Crippen LogP contribution is 2.50. The Morgan fingerprint density at radius 1 is 1.03 bits per heavy atom. The number of hydrogen-bond donors (Lipinski definition) is 1. The normalized spacial score (nSPS) is 18.0. The van der Waals surface area contributed by atoms with Crippen molar-refractivity contribution in [3.8, 4) is 5.75 Å². The van der Waals surface area contributed by atoms with Crippen LogP contribution in [-0.2, 0) is 12.5 Å². The van der Waals surface area contributed by atoms with E-state index in [-0.39, 0.29) is 29.8 Å². The molecule has 37 heavy (non-hydrogen) atoms. The molecule has 0 saturated carbocycles. The van der Waals surface area contributed by atoms with E-state index in [1.165, 1.54) is 37.2 Å². The smallest absolute Gasteiger partial charge is 0.274 e. The maximum Gasteiger partial charge on any atom is 0.274 e. The fourth-order valence-electron chi connectivity index (χ4n) is 5.79. The van der Waals surface area contributed by atoms with E-state index in [1.54, 1.807) is 16.9 Å². The second-order valence-electron chi connectivity index (χ2n) is 9.46. The fourth-order valence-corrected chi connectivity index (χ4v) is 5.79. The third kappa shape index (κ3) is 3.45. The predicted octanol–water partition coefficient (Wildman–Crippen LogP) is 1.35. The zero-order chi connectivity index (χ0) is 25.7. The molecule has 3 aromatic heterocycles. The quantitative estimate of drug-likeness (QED) is 0.446. The lowest BCUT2D eigenvalue weighted by atomic mass is 9.68. The van der Waals surface area contributed by atoms with Gasteiger partial charge in [-0.25, -0.2) is 9.97 Å². The summed E-state index contributed by atoms with van der Waals surface area (Å²) in [5, 5.41) is 11.6. The van der Waals surface area contributed by atoms with Crippen LogP contribution in [0.4, 0.5) is 0 Å². The van der Waals surface area contributed by atoms with Crippen LogP contribution in [0.15, 0.2) is 55.4 Å². The van der Waals surface area contributed by atoms with Crippen molar-refractivity contribution in [2.24, 2.45) is 7.05 Å². The van der Waals surface area contributed by atoms with Gasteiger partial charge in [-0.3, -0.25) is 19.6 Å². The van der Waals surface area contributed by atoms with Crippen molar-refractivity contribution in [1.82, 2.24) is 34.3 Å². The van der Waals surface area contributed by atoms with Crippen LogP contribution in [0.5, 0.6) is 5.75 Å². The zero-order valence-corrected chi connectivity index (χ0v) is 20.4. The summed E-state index contributed by atoms with van der Waals surface area (Å²) in [5.41, 5.74) is 2.74.